The average Bonchev–Trinajstić information content (AvgIpc) is 2.53. The largest absolute Gasteiger partial charge is 0.480 e. The second-order valence-corrected chi connectivity index (χ2v) is 6.47. The van der Waals surface area contributed by atoms with E-state index in [9.17, 15) is 13.7 Å². The molecule has 1 aromatic carbocycles. The first-order valence-electron chi connectivity index (χ1n) is 6.79. The van der Waals surface area contributed by atoms with Crippen LogP contribution in [0.25, 0.3) is 0 Å². The molecule has 0 spiro atoms. The molecule has 1 heterocycles. The highest BCUT2D eigenvalue weighted by molar-refractivity contribution is 7.86. The summed E-state index contributed by atoms with van der Waals surface area (Å²) in [7, 11) is -2.23. The Morgan fingerprint density at radius 3 is 2.52 bits per heavy atom. The Kier molecular flexibility index (Phi) is 5.32. The summed E-state index contributed by atoms with van der Waals surface area (Å²) in [5, 5.41) is 9.32. The number of nitrogens with zero attached hydrogens (tertiary/aromatic N) is 2. The highest BCUT2D eigenvalue weighted by Crippen LogP contribution is 2.27. The van der Waals surface area contributed by atoms with E-state index < -0.39 is 16.2 Å². The molecule has 120 valence electrons. The molecule has 0 aliphatic heterocycles. The van der Waals surface area contributed by atoms with Crippen molar-refractivity contribution in [3.63, 3.8) is 0 Å². The van der Waals surface area contributed by atoms with Gasteiger partial charge in [-0.1, -0.05) is 30.3 Å². The second-order valence-electron chi connectivity index (χ2n) is 4.87. The second kappa shape index (κ2) is 7.22. The van der Waals surface area contributed by atoms with E-state index in [1.54, 1.807) is 30.3 Å². The highest BCUT2D eigenvalue weighted by atomic mass is 32.2. The number of pyridine rings is 1. The van der Waals surface area contributed by atoms with E-state index in [2.05, 4.69) is 4.98 Å². The van der Waals surface area contributed by atoms with Gasteiger partial charge in [0.1, 0.15) is 17.7 Å². The molecule has 1 atom stereocenters. The van der Waals surface area contributed by atoms with Crippen LogP contribution in [-0.2, 0) is 20.7 Å². The summed E-state index contributed by atoms with van der Waals surface area (Å²) in [6.45, 7) is 0. The van der Waals surface area contributed by atoms with E-state index in [1.165, 1.54) is 13.3 Å². The number of hydrogen-bond acceptors (Lipinski definition) is 6. The maximum atomic E-state index is 11.6. The van der Waals surface area contributed by atoms with Gasteiger partial charge in [-0.15, -0.1) is 0 Å². The van der Waals surface area contributed by atoms with Crippen molar-refractivity contribution in [1.29, 1.82) is 5.26 Å². The van der Waals surface area contributed by atoms with Gasteiger partial charge >= 0.3 is 0 Å². The van der Waals surface area contributed by atoms with Crippen molar-refractivity contribution in [1.82, 2.24) is 4.98 Å². The fourth-order valence-electron chi connectivity index (χ4n) is 2.21. The lowest BCUT2D eigenvalue weighted by Crippen LogP contribution is -2.14. The predicted molar refractivity (Wildman–Crippen MR) is 84.3 cm³/mol. The quantitative estimate of drug-likeness (QED) is 0.754. The minimum Gasteiger partial charge on any atom is -0.480 e. The number of aromatic nitrogens is 1. The molecule has 6 nitrogen and oxygen atoms in total. The summed E-state index contributed by atoms with van der Waals surface area (Å²) in [5.74, 6) is 0.205. The molecule has 0 saturated carbocycles. The Labute approximate surface area is 135 Å². The minimum absolute atomic E-state index is 0.205. The van der Waals surface area contributed by atoms with E-state index >= 15 is 0 Å². The molecule has 2 aromatic rings. The fourth-order valence-corrected chi connectivity index (χ4v) is 2.81. The van der Waals surface area contributed by atoms with Crippen molar-refractivity contribution in [3.05, 3.63) is 59.3 Å². The molecule has 0 aliphatic carbocycles. The molecule has 2 rings (SSSR count). The van der Waals surface area contributed by atoms with Crippen molar-refractivity contribution in [2.45, 2.75) is 12.5 Å². The Morgan fingerprint density at radius 2 is 1.96 bits per heavy atom. The van der Waals surface area contributed by atoms with Gasteiger partial charge in [0.05, 0.1) is 13.4 Å². The molecule has 0 saturated heterocycles. The van der Waals surface area contributed by atoms with E-state index in [-0.39, 0.29) is 17.9 Å². The summed E-state index contributed by atoms with van der Waals surface area (Å²) >= 11 is 0. The van der Waals surface area contributed by atoms with Gasteiger partial charge in [0, 0.05) is 12.6 Å². The Balaban J connectivity index is 2.41. The number of hydrogen-bond donors (Lipinski definition) is 0. The lowest BCUT2D eigenvalue weighted by Gasteiger charge is -2.18. The molecule has 0 aliphatic rings. The van der Waals surface area contributed by atoms with Gasteiger partial charge in [-0.2, -0.15) is 13.7 Å². The summed E-state index contributed by atoms with van der Waals surface area (Å²) in [4.78, 5) is 3.98. The van der Waals surface area contributed by atoms with Crippen LogP contribution in [-0.4, -0.2) is 26.8 Å². The van der Waals surface area contributed by atoms with E-state index in [4.69, 9.17) is 8.92 Å². The van der Waals surface area contributed by atoms with Gasteiger partial charge in [0.2, 0.25) is 5.88 Å². The molecule has 0 radical (unpaired) electrons. The lowest BCUT2D eigenvalue weighted by molar-refractivity contribution is 0.216. The molecule has 0 amide bonds. The number of methoxy groups -OCH3 is 1. The Morgan fingerprint density at radius 1 is 1.26 bits per heavy atom. The van der Waals surface area contributed by atoms with Crippen LogP contribution in [0.4, 0.5) is 0 Å². The third-order valence-electron chi connectivity index (χ3n) is 3.18. The number of rotatable bonds is 6. The van der Waals surface area contributed by atoms with Gasteiger partial charge in [-0.05, 0) is 17.2 Å². The lowest BCUT2D eigenvalue weighted by atomic mass is 9.99. The Hall–Kier alpha value is -2.43. The van der Waals surface area contributed by atoms with Crippen molar-refractivity contribution in [2.24, 2.45) is 0 Å². The van der Waals surface area contributed by atoms with Crippen LogP contribution in [0.15, 0.2) is 42.6 Å². The molecule has 1 unspecified atom stereocenters. The summed E-state index contributed by atoms with van der Waals surface area (Å²) in [6.07, 6.45) is 1.99. The topological polar surface area (TPSA) is 89.3 Å². The summed E-state index contributed by atoms with van der Waals surface area (Å²) in [5.41, 5.74) is 1.59. The molecule has 0 fully saturated rings. The first-order chi connectivity index (χ1) is 10.9. The predicted octanol–water partition coefficient (Wildman–Crippen LogP) is 2.22. The molecule has 1 aromatic heterocycles. The van der Waals surface area contributed by atoms with Gasteiger partial charge in [-0.3, -0.25) is 4.18 Å². The molecule has 7 heteroatoms. The summed E-state index contributed by atoms with van der Waals surface area (Å²) < 4.78 is 33.4. The molecule has 0 bridgehead atoms. The standard InChI is InChI=1S/C16H16N2O4S/c1-21-16-14(11-17)13(8-9-18-16)10-15(22-23(2,19)20)12-6-4-3-5-7-12/h3-9,15H,10H2,1-2H3. The zero-order chi connectivity index (χ0) is 16.9. The highest BCUT2D eigenvalue weighted by Gasteiger charge is 2.21. The van der Waals surface area contributed by atoms with Crippen LogP contribution >= 0.6 is 0 Å². The minimum atomic E-state index is -3.66. The third-order valence-corrected chi connectivity index (χ3v) is 3.76. The molecule has 0 N–H and O–H groups in total. The zero-order valence-corrected chi connectivity index (χ0v) is 13.6. The van der Waals surface area contributed by atoms with E-state index in [0.717, 1.165) is 6.26 Å². The van der Waals surface area contributed by atoms with Crippen LogP contribution in [0.1, 0.15) is 22.8 Å². The summed E-state index contributed by atoms with van der Waals surface area (Å²) in [6, 6.07) is 12.7. The number of nitriles is 1. The molecular weight excluding hydrogens is 316 g/mol. The van der Waals surface area contributed by atoms with Crippen LogP contribution in [0.5, 0.6) is 5.88 Å². The normalized spacial score (nSPS) is 12.4. The molecular formula is C16H16N2O4S. The Bertz CT molecular complexity index is 814. The SMILES string of the molecule is COc1nccc(CC(OS(C)(=O)=O)c2ccccc2)c1C#N. The number of ether oxygens (including phenoxy) is 1. The van der Waals surface area contributed by atoms with Gasteiger partial charge in [0.15, 0.2) is 0 Å². The molecule has 23 heavy (non-hydrogen) atoms. The van der Waals surface area contributed by atoms with Crippen molar-refractivity contribution < 1.29 is 17.3 Å². The van der Waals surface area contributed by atoms with Crippen LogP contribution < -0.4 is 4.74 Å². The average molecular weight is 332 g/mol. The van der Waals surface area contributed by atoms with Crippen molar-refractivity contribution in [3.8, 4) is 11.9 Å². The third kappa shape index (κ3) is 4.52. The first kappa shape index (κ1) is 16.9. The monoisotopic (exact) mass is 332 g/mol. The zero-order valence-electron chi connectivity index (χ0n) is 12.8. The smallest absolute Gasteiger partial charge is 0.264 e. The number of benzene rings is 1. The van der Waals surface area contributed by atoms with Gasteiger partial charge in [-0.25, -0.2) is 4.98 Å². The van der Waals surface area contributed by atoms with Gasteiger partial charge in [0.25, 0.3) is 10.1 Å². The van der Waals surface area contributed by atoms with Crippen LogP contribution in [0, 0.1) is 11.3 Å². The van der Waals surface area contributed by atoms with Gasteiger partial charge < -0.3 is 4.74 Å². The van der Waals surface area contributed by atoms with E-state index in [0.29, 0.717) is 11.1 Å². The maximum absolute atomic E-state index is 11.6. The van der Waals surface area contributed by atoms with Crippen LogP contribution in [0.3, 0.4) is 0 Å². The van der Waals surface area contributed by atoms with Crippen molar-refractivity contribution >= 4 is 10.1 Å². The van der Waals surface area contributed by atoms with E-state index in [1.807, 2.05) is 12.1 Å². The van der Waals surface area contributed by atoms with Crippen LogP contribution in [0.2, 0.25) is 0 Å². The fraction of sp³-hybridized carbons (Fsp3) is 0.250. The van der Waals surface area contributed by atoms with Crippen molar-refractivity contribution in [2.75, 3.05) is 13.4 Å². The maximum Gasteiger partial charge on any atom is 0.264 e. The first-order valence-corrected chi connectivity index (χ1v) is 8.61.